The van der Waals surface area contributed by atoms with Gasteiger partial charge >= 0.3 is 0 Å². The van der Waals surface area contributed by atoms with Crippen LogP contribution in [0.2, 0.25) is 0 Å². The Balaban J connectivity index is 1.91. The molecule has 2 atom stereocenters. The number of nitrogens with two attached hydrogens (primary N) is 1. The Kier molecular flexibility index (Phi) is 5.72. The zero-order valence-corrected chi connectivity index (χ0v) is 18.2. The molecule has 1 heterocycles. The summed E-state index contributed by atoms with van der Waals surface area (Å²) in [6.07, 6.45) is 1.50. The van der Waals surface area contributed by atoms with Crippen molar-refractivity contribution in [3.05, 3.63) is 70.8 Å². The molecule has 0 spiro atoms. The maximum absolute atomic E-state index is 14.9. The largest absolute Gasteiger partial charge is 0.369 e. The number of benzene rings is 2. The fraction of sp³-hybridized carbons (Fsp3) is 0.417. The van der Waals surface area contributed by atoms with E-state index in [-0.39, 0.29) is 23.6 Å². The molecule has 1 aliphatic heterocycles. The summed E-state index contributed by atoms with van der Waals surface area (Å²) in [6.45, 7) is 7.40. The third-order valence-corrected chi connectivity index (χ3v) is 6.37. The van der Waals surface area contributed by atoms with Gasteiger partial charge in [-0.15, -0.1) is 0 Å². The van der Waals surface area contributed by atoms with Crippen LogP contribution in [0.4, 0.5) is 8.78 Å². The van der Waals surface area contributed by atoms with E-state index in [1.54, 1.807) is 52.1 Å². The van der Waals surface area contributed by atoms with Crippen LogP contribution in [-0.2, 0) is 23.2 Å². The van der Waals surface area contributed by atoms with Gasteiger partial charge in [-0.3, -0.25) is 9.69 Å². The van der Waals surface area contributed by atoms with E-state index in [2.05, 4.69) is 11.9 Å². The maximum Gasteiger partial charge on any atom is 0.237 e. The molecule has 0 saturated heterocycles. The third kappa shape index (κ3) is 3.83. The Bertz CT molecular complexity index is 984. The highest BCUT2D eigenvalue weighted by Crippen LogP contribution is 2.47. The molecule has 0 bridgehead atoms. The Hall–Kier alpha value is -2.76. The molecule has 0 radical (unpaired) electrons. The molecule has 0 saturated carbocycles. The predicted octanol–water partition coefficient (Wildman–Crippen LogP) is 4.41. The topological polar surface area (TPSA) is 58.7 Å². The molecular formula is C24H29F2N3O. The lowest BCUT2D eigenvalue weighted by molar-refractivity contribution is -0.140. The smallest absolute Gasteiger partial charge is 0.237 e. The van der Waals surface area contributed by atoms with E-state index in [0.29, 0.717) is 12.0 Å². The van der Waals surface area contributed by atoms with E-state index in [9.17, 15) is 13.6 Å². The molecule has 2 N–H and O–H groups in total. The second kappa shape index (κ2) is 7.82. The normalized spacial score (nSPS) is 22.0. The summed E-state index contributed by atoms with van der Waals surface area (Å²) in [5.41, 5.74) is 6.26. The Labute approximate surface area is 176 Å². The monoisotopic (exact) mass is 413 g/mol. The van der Waals surface area contributed by atoms with E-state index >= 15 is 0 Å². The maximum atomic E-state index is 14.9. The van der Waals surface area contributed by atoms with Crippen molar-refractivity contribution < 1.29 is 13.6 Å². The first-order chi connectivity index (χ1) is 14.0. The minimum Gasteiger partial charge on any atom is -0.369 e. The van der Waals surface area contributed by atoms with Crippen molar-refractivity contribution in [3.8, 4) is 0 Å². The molecule has 0 aromatic heterocycles. The van der Waals surface area contributed by atoms with Crippen molar-refractivity contribution in [1.82, 2.24) is 4.90 Å². The lowest BCUT2D eigenvalue weighted by Gasteiger charge is -2.46. The molecule has 0 fully saturated rings. The Morgan fingerprint density at radius 2 is 1.60 bits per heavy atom. The summed E-state index contributed by atoms with van der Waals surface area (Å²) in [5, 5.41) is 0. The minimum absolute atomic E-state index is 0.0799. The predicted molar refractivity (Wildman–Crippen MR) is 115 cm³/mol. The second-order valence-electron chi connectivity index (χ2n) is 8.99. The van der Waals surface area contributed by atoms with Crippen molar-refractivity contribution in [2.24, 2.45) is 22.1 Å². The van der Waals surface area contributed by atoms with E-state index < -0.39 is 16.8 Å². The summed E-state index contributed by atoms with van der Waals surface area (Å²) in [5.74, 6) is -0.516. The van der Waals surface area contributed by atoms with Crippen LogP contribution in [0.5, 0.6) is 0 Å². The van der Waals surface area contributed by atoms with Gasteiger partial charge in [0.25, 0.3) is 0 Å². The van der Waals surface area contributed by atoms with Crippen LogP contribution < -0.4 is 5.73 Å². The number of halogens is 2. The number of carbonyl (C=O) groups is 1. The number of rotatable bonds is 5. The summed E-state index contributed by atoms with van der Waals surface area (Å²) >= 11 is 0. The molecule has 1 unspecified atom stereocenters. The van der Waals surface area contributed by atoms with Crippen LogP contribution in [0.1, 0.15) is 44.4 Å². The number of hydrogen-bond acceptors (Lipinski definition) is 3. The van der Waals surface area contributed by atoms with Gasteiger partial charge in [-0.1, -0.05) is 31.2 Å². The molecule has 160 valence electrons. The van der Waals surface area contributed by atoms with E-state index in [1.807, 2.05) is 0 Å². The molecule has 2 aromatic carbocycles. The average Bonchev–Trinajstić information content (AvgIpc) is 2.68. The van der Waals surface area contributed by atoms with Crippen molar-refractivity contribution in [2.75, 3.05) is 7.05 Å². The van der Waals surface area contributed by atoms with Gasteiger partial charge in [-0.05, 0) is 68.9 Å². The molecule has 30 heavy (non-hydrogen) atoms. The van der Waals surface area contributed by atoms with Gasteiger partial charge < -0.3 is 5.73 Å². The van der Waals surface area contributed by atoms with Gasteiger partial charge in [0.15, 0.2) is 5.96 Å². The van der Waals surface area contributed by atoms with E-state index in [4.69, 9.17) is 5.73 Å². The SMILES string of the molecule is CC(Cc1ccc(F)cc1)Cc1ccc(F)c([C@@]2(C)N=C(N)N(C)C(=O)C2(C)C)c1. The molecule has 6 heteroatoms. The molecule has 1 aliphatic rings. The number of hydrogen-bond donors (Lipinski definition) is 1. The summed E-state index contributed by atoms with van der Waals surface area (Å²) in [7, 11) is 1.58. The third-order valence-electron chi connectivity index (χ3n) is 6.37. The lowest BCUT2D eigenvalue weighted by Crippen LogP contribution is -2.58. The molecular weight excluding hydrogens is 384 g/mol. The van der Waals surface area contributed by atoms with Gasteiger partial charge in [0.05, 0.1) is 5.41 Å². The molecule has 0 aliphatic carbocycles. The Morgan fingerprint density at radius 1 is 1.03 bits per heavy atom. The minimum atomic E-state index is -1.12. The Morgan fingerprint density at radius 3 is 2.23 bits per heavy atom. The fourth-order valence-corrected chi connectivity index (χ4v) is 4.14. The van der Waals surface area contributed by atoms with Gasteiger partial charge in [-0.2, -0.15) is 0 Å². The van der Waals surface area contributed by atoms with Crippen molar-refractivity contribution in [1.29, 1.82) is 0 Å². The van der Waals surface area contributed by atoms with Crippen LogP contribution >= 0.6 is 0 Å². The highest BCUT2D eigenvalue weighted by molar-refractivity contribution is 6.01. The van der Waals surface area contributed by atoms with Gasteiger partial charge in [0.2, 0.25) is 5.91 Å². The number of carbonyl (C=O) groups excluding carboxylic acids is 1. The van der Waals surface area contributed by atoms with Crippen LogP contribution in [0, 0.1) is 23.0 Å². The second-order valence-corrected chi connectivity index (χ2v) is 8.99. The first kappa shape index (κ1) is 21.9. The van der Waals surface area contributed by atoms with Gasteiger partial charge in [0, 0.05) is 12.6 Å². The molecule has 3 rings (SSSR count). The quantitative estimate of drug-likeness (QED) is 0.789. The highest BCUT2D eigenvalue weighted by Gasteiger charge is 2.53. The summed E-state index contributed by atoms with van der Waals surface area (Å²) < 4.78 is 28.1. The summed E-state index contributed by atoms with van der Waals surface area (Å²) in [6, 6.07) is 11.5. The number of amides is 1. The van der Waals surface area contributed by atoms with Crippen molar-refractivity contribution in [3.63, 3.8) is 0 Å². The van der Waals surface area contributed by atoms with Crippen molar-refractivity contribution in [2.45, 2.75) is 46.1 Å². The van der Waals surface area contributed by atoms with Crippen molar-refractivity contribution >= 4 is 11.9 Å². The zero-order chi connectivity index (χ0) is 22.3. The fourth-order valence-electron chi connectivity index (χ4n) is 4.14. The first-order valence-corrected chi connectivity index (χ1v) is 10.1. The average molecular weight is 414 g/mol. The van der Waals surface area contributed by atoms with E-state index in [0.717, 1.165) is 17.5 Å². The number of aliphatic imine (C=N–C) groups is 1. The number of guanidine groups is 1. The number of nitrogens with zero attached hydrogens (tertiary/aromatic N) is 2. The molecule has 1 amide bonds. The first-order valence-electron chi connectivity index (χ1n) is 10.1. The highest BCUT2D eigenvalue weighted by atomic mass is 19.1. The zero-order valence-electron chi connectivity index (χ0n) is 18.2. The van der Waals surface area contributed by atoms with Crippen LogP contribution in [0.3, 0.4) is 0 Å². The molecule has 2 aromatic rings. The van der Waals surface area contributed by atoms with Crippen LogP contribution in [-0.4, -0.2) is 23.8 Å². The molecule has 4 nitrogen and oxygen atoms in total. The lowest BCUT2D eigenvalue weighted by atomic mass is 9.67. The van der Waals surface area contributed by atoms with Gasteiger partial charge in [-0.25, -0.2) is 13.8 Å². The standard InChI is InChI=1S/C24H29F2N3O/c1-15(12-16-6-9-18(25)10-7-16)13-17-8-11-20(26)19(14-17)24(4)23(2,3)21(30)29(5)22(27)28-24/h6-11,14-15H,12-13H2,1-5H3,(H2,27,28)/t15?,24-/m1/s1. The van der Waals surface area contributed by atoms with Crippen LogP contribution in [0.25, 0.3) is 0 Å². The van der Waals surface area contributed by atoms with E-state index in [1.165, 1.54) is 23.1 Å². The summed E-state index contributed by atoms with van der Waals surface area (Å²) in [4.78, 5) is 18.7. The van der Waals surface area contributed by atoms with Crippen LogP contribution in [0.15, 0.2) is 47.5 Å². The van der Waals surface area contributed by atoms with Gasteiger partial charge in [0.1, 0.15) is 17.2 Å².